The maximum Gasteiger partial charge on any atom is 0.259 e. The van der Waals surface area contributed by atoms with Gasteiger partial charge in [-0.05, 0) is 55.0 Å². The number of rotatable bonds is 3. The highest BCUT2D eigenvalue weighted by Crippen LogP contribution is 2.38. The van der Waals surface area contributed by atoms with Gasteiger partial charge in [0.05, 0.1) is 5.02 Å². The van der Waals surface area contributed by atoms with E-state index in [1.54, 1.807) is 36.5 Å². The number of pyridine rings is 1. The normalized spacial score (nSPS) is 23.7. The molecule has 1 aliphatic heterocycles. The van der Waals surface area contributed by atoms with Gasteiger partial charge >= 0.3 is 0 Å². The summed E-state index contributed by atoms with van der Waals surface area (Å²) in [6.07, 6.45) is 3.73. The molecule has 1 saturated heterocycles. The van der Waals surface area contributed by atoms with Crippen LogP contribution in [0, 0.1) is 11.8 Å². The zero-order chi connectivity index (χ0) is 18.3. The summed E-state index contributed by atoms with van der Waals surface area (Å²) in [6, 6.07) is 8.57. The molecule has 5 nitrogen and oxygen atoms in total. The molecule has 1 aromatic heterocycles. The van der Waals surface area contributed by atoms with Crippen molar-refractivity contribution in [3.05, 3.63) is 52.1 Å². The minimum atomic E-state index is -0.0835. The molecule has 1 amide bonds. The third-order valence-electron chi connectivity index (χ3n) is 5.30. The van der Waals surface area contributed by atoms with E-state index in [2.05, 4.69) is 4.98 Å². The summed E-state index contributed by atoms with van der Waals surface area (Å²) in [6.45, 7) is 1.44. The van der Waals surface area contributed by atoms with Crippen molar-refractivity contribution in [3.8, 4) is 11.6 Å². The highest BCUT2D eigenvalue weighted by molar-refractivity contribution is 6.35. The van der Waals surface area contributed by atoms with Crippen molar-refractivity contribution in [2.24, 2.45) is 17.6 Å². The molecule has 0 spiro atoms. The van der Waals surface area contributed by atoms with Crippen molar-refractivity contribution >= 4 is 41.5 Å². The molecule has 144 valence electrons. The SMILES string of the molecule is Cl.NC1CCC2CN(C(=O)c3cccnc3Oc3ccc(Cl)cc3Cl)CC12. The van der Waals surface area contributed by atoms with E-state index in [1.165, 1.54) is 0 Å². The lowest BCUT2D eigenvalue weighted by Gasteiger charge is -2.20. The Morgan fingerprint density at radius 1 is 1.22 bits per heavy atom. The number of nitrogens with zero attached hydrogens (tertiary/aromatic N) is 2. The number of carbonyl (C=O) groups is 1. The summed E-state index contributed by atoms with van der Waals surface area (Å²) in [5.41, 5.74) is 6.60. The molecule has 2 fully saturated rings. The first-order valence-electron chi connectivity index (χ1n) is 8.65. The fraction of sp³-hybridized carbons (Fsp3) is 0.368. The molecule has 2 aliphatic rings. The zero-order valence-electron chi connectivity index (χ0n) is 14.5. The largest absolute Gasteiger partial charge is 0.437 e. The van der Waals surface area contributed by atoms with Crippen LogP contribution in [0.5, 0.6) is 11.6 Å². The molecule has 3 atom stereocenters. The van der Waals surface area contributed by atoms with E-state index in [4.69, 9.17) is 33.7 Å². The quantitative estimate of drug-likeness (QED) is 0.786. The molecule has 1 aromatic carbocycles. The van der Waals surface area contributed by atoms with Gasteiger partial charge in [0, 0.05) is 30.4 Å². The van der Waals surface area contributed by atoms with E-state index in [1.807, 2.05) is 4.90 Å². The van der Waals surface area contributed by atoms with Gasteiger partial charge in [-0.1, -0.05) is 23.2 Å². The number of hydrogen-bond donors (Lipinski definition) is 1. The van der Waals surface area contributed by atoms with Gasteiger partial charge in [-0.25, -0.2) is 4.98 Å². The van der Waals surface area contributed by atoms with Gasteiger partial charge in [0.15, 0.2) is 0 Å². The number of likely N-dealkylation sites (tertiary alicyclic amines) is 1. The van der Waals surface area contributed by atoms with Gasteiger partial charge in [-0.3, -0.25) is 4.79 Å². The monoisotopic (exact) mass is 427 g/mol. The van der Waals surface area contributed by atoms with Crippen LogP contribution in [0.25, 0.3) is 0 Å². The first kappa shape index (κ1) is 20.2. The first-order valence-corrected chi connectivity index (χ1v) is 9.41. The molecule has 2 aromatic rings. The van der Waals surface area contributed by atoms with Gasteiger partial charge in [-0.15, -0.1) is 12.4 Å². The van der Waals surface area contributed by atoms with Gasteiger partial charge in [0.1, 0.15) is 11.3 Å². The summed E-state index contributed by atoms with van der Waals surface area (Å²) in [5, 5.41) is 0.878. The number of amides is 1. The number of nitrogens with two attached hydrogens (primary N) is 1. The zero-order valence-corrected chi connectivity index (χ0v) is 16.8. The van der Waals surface area contributed by atoms with Crippen LogP contribution in [0.3, 0.4) is 0 Å². The summed E-state index contributed by atoms with van der Waals surface area (Å²) < 4.78 is 5.82. The number of aromatic nitrogens is 1. The third kappa shape index (κ3) is 4.02. The highest BCUT2D eigenvalue weighted by Gasteiger charge is 2.43. The Hall–Kier alpha value is -1.53. The number of benzene rings is 1. The summed E-state index contributed by atoms with van der Waals surface area (Å²) in [7, 11) is 0. The number of hydrogen-bond acceptors (Lipinski definition) is 4. The second kappa shape index (κ2) is 8.23. The molecule has 0 radical (unpaired) electrons. The Kier molecular flexibility index (Phi) is 6.16. The van der Waals surface area contributed by atoms with Crippen molar-refractivity contribution in [2.75, 3.05) is 13.1 Å². The second-order valence-electron chi connectivity index (χ2n) is 6.91. The maximum absolute atomic E-state index is 13.0. The Balaban J connectivity index is 0.00000210. The topological polar surface area (TPSA) is 68.5 Å². The number of fused-ring (bicyclic) bond motifs is 1. The van der Waals surface area contributed by atoms with Crippen LogP contribution in [0.15, 0.2) is 36.5 Å². The Morgan fingerprint density at radius 3 is 2.78 bits per heavy atom. The summed E-state index contributed by atoms with van der Waals surface area (Å²) in [4.78, 5) is 19.1. The highest BCUT2D eigenvalue weighted by atomic mass is 35.5. The van der Waals surface area contributed by atoms with Crippen LogP contribution in [0.4, 0.5) is 0 Å². The lowest BCUT2D eigenvalue weighted by Crippen LogP contribution is -2.33. The Labute approximate surface area is 174 Å². The maximum atomic E-state index is 13.0. The molecule has 27 heavy (non-hydrogen) atoms. The van der Waals surface area contributed by atoms with E-state index in [9.17, 15) is 4.79 Å². The van der Waals surface area contributed by atoms with E-state index >= 15 is 0 Å². The van der Waals surface area contributed by atoms with Crippen LogP contribution in [0.1, 0.15) is 23.2 Å². The number of ether oxygens (including phenoxy) is 1. The molecule has 2 heterocycles. The van der Waals surface area contributed by atoms with E-state index in [0.29, 0.717) is 39.7 Å². The van der Waals surface area contributed by atoms with Gasteiger partial charge in [0.2, 0.25) is 5.88 Å². The minimum Gasteiger partial charge on any atom is -0.437 e. The summed E-state index contributed by atoms with van der Waals surface area (Å²) >= 11 is 12.1. The van der Waals surface area contributed by atoms with Crippen LogP contribution in [-0.4, -0.2) is 34.9 Å². The molecular weight excluding hydrogens is 409 g/mol. The van der Waals surface area contributed by atoms with Crippen LogP contribution in [-0.2, 0) is 0 Å². The van der Waals surface area contributed by atoms with Crippen LogP contribution in [0.2, 0.25) is 10.0 Å². The predicted octanol–water partition coefficient (Wildman–Crippen LogP) is 4.41. The fourth-order valence-electron chi connectivity index (χ4n) is 3.94. The third-order valence-corrected chi connectivity index (χ3v) is 5.83. The minimum absolute atomic E-state index is 0. The average Bonchev–Trinajstić information content (AvgIpc) is 3.20. The van der Waals surface area contributed by atoms with Crippen molar-refractivity contribution in [1.82, 2.24) is 9.88 Å². The standard InChI is InChI=1S/C19H19Cl2N3O2.ClH/c20-12-4-6-17(15(21)8-12)26-18-13(2-1-7-23-18)19(25)24-9-11-3-5-16(22)14(11)10-24;/h1-2,4,6-8,11,14,16H,3,5,9-10,22H2;1H. The van der Waals surface area contributed by atoms with Gasteiger partial charge < -0.3 is 15.4 Å². The lowest BCUT2D eigenvalue weighted by atomic mass is 9.98. The first-order chi connectivity index (χ1) is 12.5. The van der Waals surface area contributed by atoms with Gasteiger partial charge in [-0.2, -0.15) is 0 Å². The Bertz CT molecular complexity index is 849. The van der Waals surface area contributed by atoms with E-state index in [0.717, 1.165) is 19.4 Å². The number of halogens is 3. The molecule has 1 aliphatic carbocycles. The van der Waals surface area contributed by atoms with Crippen molar-refractivity contribution in [3.63, 3.8) is 0 Å². The lowest BCUT2D eigenvalue weighted by molar-refractivity contribution is 0.0776. The van der Waals surface area contributed by atoms with Crippen molar-refractivity contribution < 1.29 is 9.53 Å². The number of carbonyl (C=O) groups excluding carboxylic acids is 1. The molecule has 8 heteroatoms. The molecule has 2 N–H and O–H groups in total. The predicted molar refractivity (Wildman–Crippen MR) is 108 cm³/mol. The summed E-state index contributed by atoms with van der Waals surface area (Å²) in [5.74, 6) is 1.46. The molecule has 4 rings (SSSR count). The average molecular weight is 429 g/mol. The second-order valence-corrected chi connectivity index (χ2v) is 7.75. The van der Waals surface area contributed by atoms with E-state index < -0.39 is 0 Å². The molecule has 3 unspecified atom stereocenters. The van der Waals surface area contributed by atoms with Crippen molar-refractivity contribution in [2.45, 2.75) is 18.9 Å². The fourth-order valence-corrected chi connectivity index (χ4v) is 4.39. The smallest absolute Gasteiger partial charge is 0.259 e. The van der Waals surface area contributed by atoms with Gasteiger partial charge in [0.25, 0.3) is 5.91 Å². The van der Waals surface area contributed by atoms with Crippen LogP contribution >= 0.6 is 35.6 Å². The van der Waals surface area contributed by atoms with E-state index in [-0.39, 0.29) is 30.2 Å². The molecule has 0 bridgehead atoms. The Morgan fingerprint density at radius 2 is 2.04 bits per heavy atom. The molecule has 1 saturated carbocycles. The van der Waals surface area contributed by atoms with Crippen LogP contribution < -0.4 is 10.5 Å². The molecular formula is C19H20Cl3N3O2. The van der Waals surface area contributed by atoms with Crippen molar-refractivity contribution in [1.29, 1.82) is 0 Å².